The van der Waals surface area contributed by atoms with Crippen molar-refractivity contribution in [1.82, 2.24) is 9.97 Å². The zero-order valence-electron chi connectivity index (χ0n) is 9.31. The number of anilines is 1. The molecule has 0 saturated heterocycles. The summed E-state index contributed by atoms with van der Waals surface area (Å²) in [6.07, 6.45) is -1.05. The molecule has 2 rings (SSSR count). The van der Waals surface area contributed by atoms with Crippen molar-refractivity contribution in [2.75, 3.05) is 11.4 Å². The van der Waals surface area contributed by atoms with Crippen molar-refractivity contribution < 1.29 is 9.90 Å². The topological polar surface area (TPSA) is 66.3 Å². The Morgan fingerprint density at radius 3 is 2.65 bits per heavy atom. The SMILES string of the molecule is CC(C)C1CN(C(=O)O)c2c(Cl)nc(Cl)nc21. The first kappa shape index (κ1) is 12.4. The van der Waals surface area contributed by atoms with Crippen LogP contribution in [0.5, 0.6) is 0 Å². The van der Waals surface area contributed by atoms with Crippen LogP contribution in [0.4, 0.5) is 10.5 Å². The number of carbonyl (C=O) groups is 1. The molecular formula is C10H11Cl2N3O2. The third kappa shape index (κ3) is 2.05. The van der Waals surface area contributed by atoms with Crippen molar-refractivity contribution in [3.63, 3.8) is 0 Å². The van der Waals surface area contributed by atoms with Crippen molar-refractivity contribution in [2.45, 2.75) is 19.8 Å². The van der Waals surface area contributed by atoms with Gasteiger partial charge in [-0.1, -0.05) is 25.4 Å². The van der Waals surface area contributed by atoms with Gasteiger partial charge in [-0.2, -0.15) is 0 Å². The molecule has 1 aliphatic rings. The Bertz CT molecular complexity index is 479. The van der Waals surface area contributed by atoms with E-state index in [1.165, 1.54) is 4.90 Å². The largest absolute Gasteiger partial charge is 0.465 e. The number of amides is 1. The van der Waals surface area contributed by atoms with E-state index < -0.39 is 6.09 Å². The lowest BCUT2D eigenvalue weighted by Gasteiger charge is -2.15. The van der Waals surface area contributed by atoms with Crippen molar-refractivity contribution in [1.29, 1.82) is 0 Å². The van der Waals surface area contributed by atoms with Gasteiger partial charge in [-0.15, -0.1) is 0 Å². The monoisotopic (exact) mass is 275 g/mol. The molecule has 0 aliphatic carbocycles. The molecule has 1 aromatic heterocycles. The quantitative estimate of drug-likeness (QED) is 0.632. The Morgan fingerprint density at radius 2 is 2.12 bits per heavy atom. The highest BCUT2D eigenvalue weighted by atomic mass is 35.5. The van der Waals surface area contributed by atoms with Crippen LogP contribution in [0.1, 0.15) is 25.5 Å². The number of carboxylic acid groups (broad SMARTS) is 1. The zero-order valence-corrected chi connectivity index (χ0v) is 10.8. The maximum absolute atomic E-state index is 11.1. The van der Waals surface area contributed by atoms with Crippen LogP contribution in [0.3, 0.4) is 0 Å². The Kier molecular flexibility index (Phi) is 3.14. The lowest BCUT2D eigenvalue weighted by molar-refractivity contribution is 0.201. The molecule has 1 N–H and O–H groups in total. The lowest BCUT2D eigenvalue weighted by Crippen LogP contribution is -2.29. The molecule has 7 heteroatoms. The van der Waals surface area contributed by atoms with E-state index in [-0.39, 0.29) is 22.3 Å². The second-order valence-corrected chi connectivity index (χ2v) is 4.96. The molecule has 5 nitrogen and oxygen atoms in total. The van der Waals surface area contributed by atoms with Crippen LogP contribution in [-0.4, -0.2) is 27.7 Å². The summed E-state index contributed by atoms with van der Waals surface area (Å²) in [6, 6.07) is 0. The summed E-state index contributed by atoms with van der Waals surface area (Å²) in [5, 5.41) is 9.27. The van der Waals surface area contributed by atoms with Crippen LogP contribution < -0.4 is 4.90 Å². The second kappa shape index (κ2) is 4.31. The highest BCUT2D eigenvalue weighted by molar-refractivity contribution is 6.34. The summed E-state index contributed by atoms with van der Waals surface area (Å²) in [6.45, 7) is 4.35. The highest BCUT2D eigenvalue weighted by Gasteiger charge is 2.38. The number of hydrogen-bond acceptors (Lipinski definition) is 3. The fraction of sp³-hybridized carbons (Fsp3) is 0.500. The molecule has 2 heterocycles. The van der Waals surface area contributed by atoms with Crippen molar-refractivity contribution >= 4 is 35.0 Å². The van der Waals surface area contributed by atoms with E-state index in [1.54, 1.807) is 0 Å². The minimum Gasteiger partial charge on any atom is -0.465 e. The van der Waals surface area contributed by atoms with E-state index in [9.17, 15) is 4.79 Å². The minimum atomic E-state index is -1.05. The van der Waals surface area contributed by atoms with Crippen LogP contribution in [-0.2, 0) is 0 Å². The van der Waals surface area contributed by atoms with Gasteiger partial charge in [0.25, 0.3) is 0 Å². The maximum atomic E-state index is 11.1. The number of halogens is 2. The predicted octanol–water partition coefficient (Wildman–Crippen LogP) is 3.02. The number of hydrogen-bond donors (Lipinski definition) is 1. The number of fused-ring (bicyclic) bond motifs is 1. The van der Waals surface area contributed by atoms with E-state index in [1.807, 2.05) is 13.8 Å². The van der Waals surface area contributed by atoms with E-state index in [4.69, 9.17) is 28.3 Å². The Morgan fingerprint density at radius 1 is 1.47 bits per heavy atom. The van der Waals surface area contributed by atoms with E-state index in [0.29, 0.717) is 17.9 Å². The Labute approximate surface area is 108 Å². The smallest absolute Gasteiger partial charge is 0.411 e. The lowest BCUT2D eigenvalue weighted by atomic mass is 9.94. The predicted molar refractivity (Wildman–Crippen MR) is 65.0 cm³/mol. The molecule has 0 fully saturated rings. The van der Waals surface area contributed by atoms with Crippen LogP contribution in [0.2, 0.25) is 10.4 Å². The molecule has 1 amide bonds. The third-order valence-electron chi connectivity index (χ3n) is 2.88. The van der Waals surface area contributed by atoms with Crippen LogP contribution in [0.15, 0.2) is 0 Å². The summed E-state index contributed by atoms with van der Waals surface area (Å²) in [5.41, 5.74) is 0.981. The number of rotatable bonds is 1. The van der Waals surface area contributed by atoms with Crippen molar-refractivity contribution in [3.05, 3.63) is 16.1 Å². The minimum absolute atomic E-state index is 0.000833. The molecule has 0 bridgehead atoms. The van der Waals surface area contributed by atoms with Gasteiger partial charge in [0.05, 0.1) is 5.69 Å². The third-order valence-corrected chi connectivity index (χ3v) is 3.31. The highest BCUT2D eigenvalue weighted by Crippen LogP contribution is 2.42. The summed E-state index contributed by atoms with van der Waals surface area (Å²) in [7, 11) is 0. The normalized spacial score (nSPS) is 18.6. The van der Waals surface area contributed by atoms with Gasteiger partial charge < -0.3 is 5.11 Å². The van der Waals surface area contributed by atoms with Crippen LogP contribution >= 0.6 is 23.2 Å². The summed E-state index contributed by atoms with van der Waals surface area (Å²) in [4.78, 5) is 20.2. The van der Waals surface area contributed by atoms with Gasteiger partial charge in [-0.25, -0.2) is 14.8 Å². The molecule has 0 aromatic carbocycles. The summed E-state index contributed by atoms with van der Waals surface area (Å²) in [5.74, 6) is 0.249. The fourth-order valence-electron chi connectivity index (χ4n) is 2.00. The molecule has 0 spiro atoms. The van der Waals surface area contributed by atoms with Gasteiger partial charge in [0.15, 0.2) is 5.15 Å². The number of aromatic nitrogens is 2. The number of nitrogens with zero attached hydrogens (tertiary/aromatic N) is 3. The fourth-order valence-corrected chi connectivity index (χ4v) is 2.50. The second-order valence-electron chi connectivity index (χ2n) is 4.26. The van der Waals surface area contributed by atoms with Crippen molar-refractivity contribution in [2.24, 2.45) is 5.92 Å². The molecular weight excluding hydrogens is 265 g/mol. The van der Waals surface area contributed by atoms with E-state index in [2.05, 4.69) is 9.97 Å². The average Bonchev–Trinajstić information content (AvgIpc) is 2.56. The molecule has 0 saturated carbocycles. The van der Waals surface area contributed by atoms with E-state index >= 15 is 0 Å². The standard InChI is InChI=1S/C10H11Cl2N3O2/c1-4(2)5-3-15(10(16)17)7-6(5)13-9(12)14-8(7)11/h4-5H,3H2,1-2H3,(H,16,17). The summed E-state index contributed by atoms with van der Waals surface area (Å²) < 4.78 is 0. The van der Waals surface area contributed by atoms with Crippen molar-refractivity contribution in [3.8, 4) is 0 Å². The maximum Gasteiger partial charge on any atom is 0.411 e. The van der Waals surface area contributed by atoms with Gasteiger partial charge in [-0.3, -0.25) is 4.90 Å². The molecule has 1 aliphatic heterocycles. The Balaban J connectivity index is 2.58. The first-order valence-corrected chi connectivity index (χ1v) is 5.90. The van der Waals surface area contributed by atoms with Crippen LogP contribution in [0, 0.1) is 5.92 Å². The first-order chi connectivity index (χ1) is 7.91. The van der Waals surface area contributed by atoms with Gasteiger partial charge in [0.2, 0.25) is 5.28 Å². The first-order valence-electron chi connectivity index (χ1n) is 5.15. The van der Waals surface area contributed by atoms with E-state index in [0.717, 1.165) is 0 Å². The summed E-state index contributed by atoms with van der Waals surface area (Å²) >= 11 is 11.7. The molecule has 92 valence electrons. The molecule has 0 radical (unpaired) electrons. The average molecular weight is 276 g/mol. The van der Waals surface area contributed by atoms with Gasteiger partial charge in [-0.05, 0) is 17.5 Å². The Hall–Kier alpha value is -1.07. The van der Waals surface area contributed by atoms with Crippen LogP contribution in [0.25, 0.3) is 0 Å². The molecule has 1 aromatic rings. The van der Waals surface area contributed by atoms with Gasteiger partial charge >= 0.3 is 6.09 Å². The van der Waals surface area contributed by atoms with Gasteiger partial charge in [0.1, 0.15) is 5.69 Å². The molecule has 1 unspecified atom stereocenters. The zero-order chi connectivity index (χ0) is 12.7. The molecule has 17 heavy (non-hydrogen) atoms. The molecule has 1 atom stereocenters. The van der Waals surface area contributed by atoms with Gasteiger partial charge in [0, 0.05) is 12.5 Å².